The molecule has 0 aliphatic carbocycles. The molecular formula is C31H29BrN4O3. The highest BCUT2D eigenvalue weighted by Gasteiger charge is 2.35. The predicted octanol–water partition coefficient (Wildman–Crippen LogP) is 5.36. The number of amides is 1. The highest BCUT2D eigenvalue weighted by atomic mass is 79.9. The van der Waals surface area contributed by atoms with Crippen LogP contribution in [0.15, 0.2) is 93.2 Å². The van der Waals surface area contributed by atoms with Crippen LogP contribution >= 0.6 is 15.9 Å². The monoisotopic (exact) mass is 584 g/mol. The molecule has 0 radical (unpaired) electrons. The average Bonchev–Trinajstić information content (AvgIpc) is 3.42. The molecule has 3 heterocycles. The van der Waals surface area contributed by atoms with E-state index in [4.69, 9.17) is 9.84 Å². The Bertz CT molecular complexity index is 1580. The molecule has 0 spiro atoms. The van der Waals surface area contributed by atoms with Gasteiger partial charge in [-0.2, -0.15) is 5.10 Å². The van der Waals surface area contributed by atoms with Crippen LogP contribution in [0, 0.1) is 0 Å². The number of rotatable bonds is 6. The molecule has 1 saturated heterocycles. The van der Waals surface area contributed by atoms with Crippen molar-refractivity contribution in [3.05, 3.63) is 105 Å². The Kier molecular flexibility index (Phi) is 7.41. The third-order valence-corrected chi connectivity index (χ3v) is 7.92. The van der Waals surface area contributed by atoms with Crippen LogP contribution in [0.5, 0.6) is 0 Å². The van der Waals surface area contributed by atoms with Gasteiger partial charge in [0.05, 0.1) is 30.5 Å². The highest BCUT2D eigenvalue weighted by Crippen LogP contribution is 2.37. The topological polar surface area (TPSA) is 78.0 Å². The fourth-order valence-electron chi connectivity index (χ4n) is 5.46. The summed E-state index contributed by atoms with van der Waals surface area (Å²) in [7, 11) is 0. The summed E-state index contributed by atoms with van der Waals surface area (Å²) in [6, 6.07) is 25.4. The minimum absolute atomic E-state index is 0.0495. The van der Waals surface area contributed by atoms with E-state index >= 15 is 0 Å². The van der Waals surface area contributed by atoms with Gasteiger partial charge in [0.2, 0.25) is 5.91 Å². The van der Waals surface area contributed by atoms with Crippen LogP contribution < -0.4 is 5.56 Å². The van der Waals surface area contributed by atoms with E-state index in [9.17, 15) is 9.59 Å². The molecule has 4 aromatic rings. The van der Waals surface area contributed by atoms with Crippen molar-refractivity contribution in [2.24, 2.45) is 5.10 Å². The lowest BCUT2D eigenvalue weighted by Gasteiger charge is -2.27. The zero-order valence-corrected chi connectivity index (χ0v) is 23.1. The maximum absolute atomic E-state index is 13.7. The molecule has 1 aromatic heterocycles. The summed E-state index contributed by atoms with van der Waals surface area (Å²) in [6.07, 6.45) is 0.808. The summed E-state index contributed by atoms with van der Waals surface area (Å²) in [5.41, 5.74) is 4.42. The summed E-state index contributed by atoms with van der Waals surface area (Å²) < 4.78 is 6.36. The number of hydrogen-bond acceptors (Lipinski definition) is 5. The number of hydrogen-bond donors (Lipinski definition) is 1. The van der Waals surface area contributed by atoms with Gasteiger partial charge in [-0.3, -0.25) is 14.5 Å². The fraction of sp³-hybridized carbons (Fsp3) is 0.258. The van der Waals surface area contributed by atoms with Crippen molar-refractivity contribution < 1.29 is 9.53 Å². The Morgan fingerprint density at radius 1 is 0.974 bits per heavy atom. The smallest absolute Gasteiger partial charge is 0.258 e. The standard InChI is InChI=1S/C31H29BrN4O3/c32-23-11-12-25-24(19-23)29(22-9-5-2-6-10-22)30(31(38)33-25)26-20-27(21-7-3-1-4-8-21)36(34-26)28(37)13-14-35-15-17-39-18-16-35/h1-12,19,27H,13-18,20H2,(H,33,38). The summed E-state index contributed by atoms with van der Waals surface area (Å²) >= 11 is 3.60. The Morgan fingerprint density at radius 2 is 1.69 bits per heavy atom. The van der Waals surface area contributed by atoms with Crippen LogP contribution in [0.4, 0.5) is 0 Å². The van der Waals surface area contributed by atoms with E-state index in [1.807, 2.05) is 78.9 Å². The first kappa shape index (κ1) is 25.7. The first-order valence-corrected chi connectivity index (χ1v) is 14.0. The van der Waals surface area contributed by atoms with E-state index in [-0.39, 0.29) is 17.5 Å². The number of halogens is 1. The third kappa shape index (κ3) is 5.32. The summed E-state index contributed by atoms with van der Waals surface area (Å²) in [4.78, 5) is 32.6. The maximum atomic E-state index is 13.7. The first-order valence-electron chi connectivity index (χ1n) is 13.2. The number of nitrogens with one attached hydrogen (secondary N) is 1. The molecule has 8 heteroatoms. The van der Waals surface area contributed by atoms with Crippen LogP contribution in [0.1, 0.15) is 30.0 Å². The molecule has 1 atom stereocenters. The number of benzene rings is 3. The molecule has 7 nitrogen and oxygen atoms in total. The van der Waals surface area contributed by atoms with Gasteiger partial charge in [-0.05, 0) is 29.3 Å². The molecule has 3 aromatic carbocycles. The zero-order chi connectivity index (χ0) is 26.8. The van der Waals surface area contributed by atoms with E-state index in [0.29, 0.717) is 43.9 Å². The van der Waals surface area contributed by atoms with Gasteiger partial charge in [0.25, 0.3) is 5.56 Å². The molecule has 198 valence electrons. The zero-order valence-electron chi connectivity index (χ0n) is 21.5. The second-order valence-corrected chi connectivity index (χ2v) is 10.8. The SMILES string of the molecule is O=C(CCN1CCOCC1)N1N=C(c2c(-c3ccccc3)c3cc(Br)ccc3[nH]c2=O)CC1c1ccccc1. The molecule has 2 aliphatic heterocycles. The normalized spacial score (nSPS) is 17.9. The predicted molar refractivity (Wildman–Crippen MR) is 157 cm³/mol. The van der Waals surface area contributed by atoms with Crippen molar-refractivity contribution in [3.8, 4) is 11.1 Å². The van der Waals surface area contributed by atoms with Crippen LogP contribution in [-0.4, -0.2) is 59.4 Å². The number of pyridine rings is 1. The second-order valence-electron chi connectivity index (χ2n) is 9.88. The fourth-order valence-corrected chi connectivity index (χ4v) is 5.83. The maximum Gasteiger partial charge on any atom is 0.258 e. The molecule has 0 bridgehead atoms. The number of morpholine rings is 1. The van der Waals surface area contributed by atoms with Crippen LogP contribution in [0.3, 0.4) is 0 Å². The van der Waals surface area contributed by atoms with Crippen LogP contribution in [-0.2, 0) is 9.53 Å². The van der Waals surface area contributed by atoms with E-state index in [0.717, 1.165) is 45.2 Å². The Balaban J connectivity index is 1.44. The molecule has 1 N–H and O–H groups in total. The average molecular weight is 586 g/mol. The molecule has 1 fully saturated rings. The van der Waals surface area contributed by atoms with Gasteiger partial charge < -0.3 is 9.72 Å². The summed E-state index contributed by atoms with van der Waals surface area (Å²) in [5.74, 6) is -0.0495. The molecule has 1 unspecified atom stereocenters. The van der Waals surface area contributed by atoms with Crippen LogP contribution in [0.2, 0.25) is 0 Å². The number of aromatic amines is 1. The summed E-state index contributed by atoms with van der Waals surface area (Å²) in [6.45, 7) is 3.69. The van der Waals surface area contributed by atoms with Gasteiger partial charge in [0.15, 0.2) is 0 Å². The van der Waals surface area contributed by atoms with Gasteiger partial charge >= 0.3 is 0 Å². The number of carbonyl (C=O) groups excluding carboxylic acids is 1. The molecule has 2 aliphatic rings. The van der Waals surface area contributed by atoms with Gasteiger partial charge in [0, 0.05) is 53.4 Å². The van der Waals surface area contributed by atoms with Crippen LogP contribution in [0.25, 0.3) is 22.0 Å². The number of ether oxygens (including phenoxy) is 1. The number of aromatic nitrogens is 1. The van der Waals surface area contributed by atoms with Gasteiger partial charge in [-0.1, -0.05) is 76.6 Å². The molecule has 6 rings (SSSR count). The van der Waals surface area contributed by atoms with Crippen molar-refractivity contribution in [2.75, 3.05) is 32.8 Å². The van der Waals surface area contributed by atoms with E-state index in [1.165, 1.54) is 0 Å². The molecule has 39 heavy (non-hydrogen) atoms. The number of H-pyrrole nitrogens is 1. The van der Waals surface area contributed by atoms with E-state index in [2.05, 4.69) is 25.8 Å². The number of fused-ring (bicyclic) bond motifs is 1. The quantitative estimate of drug-likeness (QED) is 0.331. The van der Waals surface area contributed by atoms with Crippen molar-refractivity contribution >= 4 is 38.5 Å². The lowest BCUT2D eigenvalue weighted by molar-refractivity contribution is -0.133. The largest absolute Gasteiger partial charge is 0.379 e. The Hall–Kier alpha value is -3.59. The van der Waals surface area contributed by atoms with Gasteiger partial charge in [-0.25, -0.2) is 5.01 Å². The first-order chi connectivity index (χ1) is 19.1. The van der Waals surface area contributed by atoms with E-state index in [1.54, 1.807) is 5.01 Å². The van der Waals surface area contributed by atoms with Crippen molar-refractivity contribution in [2.45, 2.75) is 18.9 Å². The van der Waals surface area contributed by atoms with Gasteiger partial charge in [-0.15, -0.1) is 0 Å². The lowest BCUT2D eigenvalue weighted by Crippen LogP contribution is -2.39. The second kappa shape index (κ2) is 11.3. The number of nitrogens with zero attached hydrogens (tertiary/aromatic N) is 3. The van der Waals surface area contributed by atoms with Crippen molar-refractivity contribution in [3.63, 3.8) is 0 Å². The molecular weight excluding hydrogens is 556 g/mol. The number of hydrazone groups is 1. The number of carbonyl (C=O) groups is 1. The lowest BCUT2D eigenvalue weighted by atomic mass is 9.91. The van der Waals surface area contributed by atoms with Crippen molar-refractivity contribution in [1.29, 1.82) is 0 Å². The third-order valence-electron chi connectivity index (χ3n) is 7.42. The summed E-state index contributed by atoms with van der Waals surface area (Å²) in [5, 5.41) is 7.40. The minimum atomic E-state index is -0.278. The van der Waals surface area contributed by atoms with E-state index < -0.39 is 0 Å². The Labute approximate surface area is 235 Å². The highest BCUT2D eigenvalue weighted by molar-refractivity contribution is 9.10. The van der Waals surface area contributed by atoms with Gasteiger partial charge in [0.1, 0.15) is 0 Å². The van der Waals surface area contributed by atoms with Crippen molar-refractivity contribution in [1.82, 2.24) is 14.9 Å². The molecule has 1 amide bonds. The Morgan fingerprint density at radius 3 is 2.44 bits per heavy atom. The molecule has 0 saturated carbocycles. The minimum Gasteiger partial charge on any atom is -0.379 e.